The molecule has 8 nitrogen and oxygen atoms in total. The second-order valence-electron chi connectivity index (χ2n) is 14.5. The van der Waals surface area contributed by atoms with Gasteiger partial charge in [-0.2, -0.15) is 0 Å². The van der Waals surface area contributed by atoms with Crippen molar-refractivity contribution in [2.45, 2.75) is 147 Å². The molecule has 4 atom stereocenters. The fourth-order valence-corrected chi connectivity index (χ4v) is 7.28. The largest absolute Gasteiger partial charge is 0.390 e. The van der Waals surface area contributed by atoms with Crippen molar-refractivity contribution in [3.8, 4) is 0 Å². The molecule has 4 rings (SSSR count). The van der Waals surface area contributed by atoms with Gasteiger partial charge in [-0.05, 0) is 62.0 Å². The Kier molecular flexibility index (Phi) is 12.9. The van der Waals surface area contributed by atoms with E-state index in [0.717, 1.165) is 63.5 Å². The lowest BCUT2D eigenvalue weighted by atomic mass is 9.82. The monoisotopic (exact) mass is 599 g/mol. The van der Waals surface area contributed by atoms with Crippen LogP contribution >= 0.6 is 0 Å². The maximum absolute atomic E-state index is 14.0. The molecule has 43 heavy (non-hydrogen) atoms. The van der Waals surface area contributed by atoms with Gasteiger partial charge in [0.2, 0.25) is 11.8 Å². The molecule has 3 saturated carbocycles. The summed E-state index contributed by atoms with van der Waals surface area (Å²) in [6, 6.07) is 5.08. The van der Waals surface area contributed by atoms with E-state index in [-0.39, 0.29) is 30.7 Å². The first kappa shape index (κ1) is 33.9. The molecule has 0 spiro atoms. The number of aromatic nitrogens is 1. The van der Waals surface area contributed by atoms with E-state index in [9.17, 15) is 24.9 Å². The number of hydrogen-bond donors (Lipinski definition) is 4. The van der Waals surface area contributed by atoms with Gasteiger partial charge in [-0.25, -0.2) is 0 Å². The first-order valence-corrected chi connectivity index (χ1v) is 17.2. The minimum absolute atomic E-state index is 0.0615. The Bertz CT molecular complexity index is 988. The van der Waals surface area contributed by atoms with Crippen LogP contribution in [0, 0.1) is 23.7 Å². The molecule has 1 heterocycles. The number of carbonyl (C=O) groups excluding carboxylic acids is 2. The first-order chi connectivity index (χ1) is 20.6. The zero-order valence-electron chi connectivity index (χ0n) is 26.6. The molecule has 3 aliphatic carbocycles. The summed E-state index contributed by atoms with van der Waals surface area (Å²) in [5.41, 5.74) is -0.160. The van der Waals surface area contributed by atoms with E-state index in [1.54, 1.807) is 11.1 Å². The van der Waals surface area contributed by atoms with Gasteiger partial charge < -0.3 is 25.5 Å². The minimum atomic E-state index is -1.05. The molecule has 4 N–H and O–H groups in total. The Hall–Kier alpha value is -2.03. The molecule has 0 unspecified atom stereocenters. The van der Waals surface area contributed by atoms with E-state index in [1.165, 1.54) is 6.42 Å². The standard InChI is InChI=1S/C35H57N3O5/c1-25(2)19-31(39)33(41)30(21-26-11-5-3-6-12-26)37-34(42)28(20-27-14-15-27)22-32(40)38(23-29-13-7-10-18-36-29)24-35(43)16-8-4-9-17-35/h7,10,13,18,25-28,30-31,33,39,41,43H,3-6,8-9,11-12,14-17,19-24H2,1-2H3,(H,37,42)/t28-,30-,31-,33+/m0/s1. The molecular formula is C35H57N3O5. The highest BCUT2D eigenvalue weighted by Gasteiger charge is 2.38. The van der Waals surface area contributed by atoms with Crippen LogP contribution < -0.4 is 5.32 Å². The van der Waals surface area contributed by atoms with E-state index in [1.807, 2.05) is 32.0 Å². The fraction of sp³-hybridized carbons (Fsp3) is 0.800. The van der Waals surface area contributed by atoms with E-state index in [0.29, 0.717) is 50.5 Å². The summed E-state index contributed by atoms with van der Waals surface area (Å²) in [5.74, 6) is 0.202. The minimum Gasteiger partial charge on any atom is -0.390 e. The average Bonchev–Trinajstić information content (AvgIpc) is 3.81. The van der Waals surface area contributed by atoms with Crippen LogP contribution in [0.2, 0.25) is 0 Å². The maximum Gasteiger partial charge on any atom is 0.223 e. The molecule has 0 saturated heterocycles. The lowest BCUT2D eigenvalue weighted by Crippen LogP contribution is -2.52. The summed E-state index contributed by atoms with van der Waals surface area (Å²) < 4.78 is 0. The highest BCUT2D eigenvalue weighted by Crippen LogP contribution is 2.37. The molecule has 2 amide bonds. The van der Waals surface area contributed by atoms with Crippen molar-refractivity contribution in [2.24, 2.45) is 23.7 Å². The van der Waals surface area contributed by atoms with Crippen LogP contribution in [0.1, 0.15) is 122 Å². The molecule has 0 aliphatic heterocycles. The number of pyridine rings is 1. The third-order valence-electron chi connectivity index (χ3n) is 9.97. The topological polar surface area (TPSA) is 123 Å². The number of nitrogens with one attached hydrogen (secondary N) is 1. The summed E-state index contributed by atoms with van der Waals surface area (Å²) in [4.78, 5) is 34.0. The second-order valence-corrected chi connectivity index (χ2v) is 14.5. The van der Waals surface area contributed by atoms with Gasteiger partial charge in [-0.15, -0.1) is 0 Å². The summed E-state index contributed by atoms with van der Waals surface area (Å²) in [7, 11) is 0. The van der Waals surface area contributed by atoms with E-state index in [4.69, 9.17) is 0 Å². The van der Waals surface area contributed by atoms with Crippen LogP contribution in [-0.4, -0.2) is 67.4 Å². The SMILES string of the molecule is CC(C)C[C@H](O)[C@H](O)[C@H](CC1CCCCC1)NC(=O)[C@H](CC(=O)N(Cc1ccccn1)CC1(O)CCCCC1)CC1CC1. The predicted octanol–water partition coefficient (Wildman–Crippen LogP) is 5.13. The molecule has 0 aromatic carbocycles. The molecule has 0 radical (unpaired) electrons. The molecule has 3 fully saturated rings. The van der Waals surface area contributed by atoms with Gasteiger partial charge in [-0.3, -0.25) is 14.6 Å². The Morgan fingerprint density at radius 1 is 0.977 bits per heavy atom. The van der Waals surface area contributed by atoms with Crippen molar-refractivity contribution in [2.75, 3.05) is 6.54 Å². The summed E-state index contributed by atoms with van der Waals surface area (Å²) in [5, 5.41) is 36.6. The van der Waals surface area contributed by atoms with Gasteiger partial charge in [0, 0.05) is 25.1 Å². The van der Waals surface area contributed by atoms with Crippen LogP contribution in [0.5, 0.6) is 0 Å². The van der Waals surface area contributed by atoms with Crippen molar-refractivity contribution >= 4 is 11.8 Å². The first-order valence-electron chi connectivity index (χ1n) is 17.2. The van der Waals surface area contributed by atoms with Gasteiger partial charge in [-0.1, -0.05) is 84.1 Å². The zero-order valence-corrected chi connectivity index (χ0v) is 26.6. The number of amides is 2. The molecule has 1 aromatic rings. The van der Waals surface area contributed by atoms with Gasteiger partial charge in [0.15, 0.2) is 0 Å². The molecular weight excluding hydrogens is 542 g/mol. The Morgan fingerprint density at radius 3 is 2.28 bits per heavy atom. The Labute approximate surface area is 259 Å². The third-order valence-corrected chi connectivity index (χ3v) is 9.97. The molecule has 1 aromatic heterocycles. The fourth-order valence-electron chi connectivity index (χ4n) is 7.28. The quantitative estimate of drug-likeness (QED) is 0.209. The third kappa shape index (κ3) is 11.1. The number of carbonyl (C=O) groups is 2. The van der Waals surface area contributed by atoms with Crippen LogP contribution in [0.15, 0.2) is 24.4 Å². The lowest BCUT2D eigenvalue weighted by molar-refractivity contribution is -0.141. The van der Waals surface area contributed by atoms with Crippen molar-refractivity contribution in [1.29, 1.82) is 0 Å². The van der Waals surface area contributed by atoms with Gasteiger partial charge in [0.05, 0.1) is 30.0 Å². The van der Waals surface area contributed by atoms with E-state index < -0.39 is 29.8 Å². The van der Waals surface area contributed by atoms with E-state index >= 15 is 0 Å². The van der Waals surface area contributed by atoms with Crippen molar-refractivity contribution in [3.63, 3.8) is 0 Å². The summed E-state index contributed by atoms with van der Waals surface area (Å²) in [6.45, 7) is 4.57. The van der Waals surface area contributed by atoms with Crippen LogP contribution in [0.3, 0.4) is 0 Å². The predicted molar refractivity (Wildman–Crippen MR) is 168 cm³/mol. The summed E-state index contributed by atoms with van der Waals surface area (Å²) in [6.07, 6.45) is 13.7. The normalized spacial score (nSPS) is 22.0. The number of nitrogens with zero attached hydrogens (tertiary/aromatic N) is 2. The Balaban J connectivity index is 1.48. The second kappa shape index (κ2) is 16.3. The van der Waals surface area contributed by atoms with Crippen molar-refractivity contribution in [1.82, 2.24) is 15.2 Å². The summed E-state index contributed by atoms with van der Waals surface area (Å²) >= 11 is 0. The van der Waals surface area contributed by atoms with Gasteiger partial charge in [0.25, 0.3) is 0 Å². The van der Waals surface area contributed by atoms with Crippen LogP contribution in [-0.2, 0) is 16.1 Å². The van der Waals surface area contributed by atoms with Crippen LogP contribution in [0.25, 0.3) is 0 Å². The number of rotatable bonds is 16. The molecule has 8 heteroatoms. The smallest absolute Gasteiger partial charge is 0.223 e. The average molecular weight is 600 g/mol. The zero-order chi connectivity index (χ0) is 30.8. The van der Waals surface area contributed by atoms with Gasteiger partial charge >= 0.3 is 0 Å². The van der Waals surface area contributed by atoms with Gasteiger partial charge in [0.1, 0.15) is 6.10 Å². The van der Waals surface area contributed by atoms with Crippen LogP contribution in [0.4, 0.5) is 0 Å². The van der Waals surface area contributed by atoms with Crippen molar-refractivity contribution < 1.29 is 24.9 Å². The highest BCUT2D eigenvalue weighted by atomic mass is 16.3. The molecule has 0 bridgehead atoms. The van der Waals surface area contributed by atoms with E-state index in [2.05, 4.69) is 10.3 Å². The lowest BCUT2D eigenvalue weighted by Gasteiger charge is -2.37. The number of aliphatic hydroxyl groups is 3. The molecule has 3 aliphatic rings. The maximum atomic E-state index is 14.0. The van der Waals surface area contributed by atoms with Crippen molar-refractivity contribution in [3.05, 3.63) is 30.1 Å². The Morgan fingerprint density at radius 2 is 1.65 bits per heavy atom. The molecule has 242 valence electrons. The number of hydrogen-bond acceptors (Lipinski definition) is 6. The highest BCUT2D eigenvalue weighted by molar-refractivity contribution is 5.86. The number of aliphatic hydroxyl groups excluding tert-OH is 2.